The zero-order valence-electron chi connectivity index (χ0n) is 13.7. The monoisotopic (exact) mass is 330 g/mol. The van der Waals surface area contributed by atoms with Gasteiger partial charge in [-0.1, -0.05) is 20.8 Å². The summed E-state index contributed by atoms with van der Waals surface area (Å²) in [5.74, 6) is -1.44. The fraction of sp³-hybridized carbons (Fsp3) is 0.375. The van der Waals surface area contributed by atoms with E-state index in [0.29, 0.717) is 16.7 Å². The van der Waals surface area contributed by atoms with E-state index in [1.165, 1.54) is 4.68 Å². The molecule has 0 unspecified atom stereocenters. The Hall–Kier alpha value is -3.08. The third-order valence-corrected chi connectivity index (χ3v) is 3.46. The third kappa shape index (κ3) is 3.30. The number of aromatic nitrogens is 2. The first-order valence-corrected chi connectivity index (χ1v) is 7.21. The Morgan fingerprint density at radius 1 is 1.42 bits per heavy atom. The van der Waals surface area contributed by atoms with Gasteiger partial charge in [0, 0.05) is 11.5 Å². The predicted molar refractivity (Wildman–Crippen MR) is 85.7 cm³/mol. The molecule has 8 heteroatoms. The predicted octanol–water partition coefficient (Wildman–Crippen LogP) is 1.42. The van der Waals surface area contributed by atoms with Crippen LogP contribution in [0.3, 0.4) is 0 Å². The normalized spacial score (nSPS) is 11.2. The topological polar surface area (TPSA) is 131 Å². The summed E-state index contributed by atoms with van der Waals surface area (Å²) >= 11 is 0. The highest BCUT2D eigenvalue weighted by atomic mass is 16.5. The van der Waals surface area contributed by atoms with E-state index < -0.39 is 18.4 Å². The SMILES string of the molecule is CC(C)(C)c1cc(OCC#N)cc2c1c(C(N)=O)nn2CC(=O)O. The van der Waals surface area contributed by atoms with Gasteiger partial charge in [-0.15, -0.1) is 0 Å². The number of hydrogen-bond donors (Lipinski definition) is 2. The van der Waals surface area contributed by atoms with Crippen molar-refractivity contribution < 1.29 is 19.4 Å². The first kappa shape index (κ1) is 17.3. The number of ether oxygens (including phenoxy) is 1. The van der Waals surface area contributed by atoms with Gasteiger partial charge in [0.15, 0.2) is 12.3 Å². The van der Waals surface area contributed by atoms with Gasteiger partial charge in [-0.2, -0.15) is 10.4 Å². The summed E-state index contributed by atoms with van der Waals surface area (Å²) < 4.78 is 6.56. The summed E-state index contributed by atoms with van der Waals surface area (Å²) in [6.45, 7) is 5.25. The Morgan fingerprint density at radius 2 is 2.08 bits per heavy atom. The van der Waals surface area contributed by atoms with Crippen molar-refractivity contribution in [1.29, 1.82) is 5.26 Å². The molecule has 0 fully saturated rings. The number of hydrogen-bond acceptors (Lipinski definition) is 5. The first-order chi connectivity index (χ1) is 11.1. The smallest absolute Gasteiger partial charge is 0.325 e. The number of rotatable bonds is 5. The van der Waals surface area contributed by atoms with Crippen LogP contribution in [0.2, 0.25) is 0 Å². The maximum absolute atomic E-state index is 11.8. The molecule has 1 aromatic carbocycles. The summed E-state index contributed by atoms with van der Waals surface area (Å²) in [6, 6.07) is 5.16. The fourth-order valence-electron chi connectivity index (χ4n) is 2.49. The van der Waals surface area contributed by atoms with Gasteiger partial charge >= 0.3 is 5.97 Å². The molecule has 0 aliphatic rings. The van der Waals surface area contributed by atoms with Gasteiger partial charge in [-0.3, -0.25) is 14.3 Å². The Kier molecular flexibility index (Phi) is 4.46. The maximum Gasteiger partial charge on any atom is 0.325 e. The Balaban J connectivity index is 2.84. The van der Waals surface area contributed by atoms with Crippen LogP contribution in [0.5, 0.6) is 5.75 Å². The first-order valence-electron chi connectivity index (χ1n) is 7.21. The molecule has 0 saturated heterocycles. The number of fused-ring (bicyclic) bond motifs is 1. The zero-order valence-corrected chi connectivity index (χ0v) is 13.7. The van der Waals surface area contributed by atoms with Crippen molar-refractivity contribution in [2.24, 2.45) is 5.73 Å². The summed E-state index contributed by atoms with van der Waals surface area (Å²) in [4.78, 5) is 22.9. The molecule has 0 saturated carbocycles. The molecule has 3 N–H and O–H groups in total. The second kappa shape index (κ2) is 6.20. The lowest BCUT2D eigenvalue weighted by Crippen LogP contribution is -2.16. The average molecular weight is 330 g/mol. The number of amides is 1. The van der Waals surface area contributed by atoms with E-state index in [-0.39, 0.29) is 17.7 Å². The molecule has 0 aliphatic heterocycles. The van der Waals surface area contributed by atoms with Crippen LogP contribution in [0, 0.1) is 11.3 Å². The highest BCUT2D eigenvalue weighted by molar-refractivity contribution is 6.06. The molecular formula is C16H18N4O4. The molecule has 0 radical (unpaired) electrons. The van der Waals surface area contributed by atoms with E-state index in [9.17, 15) is 9.59 Å². The summed E-state index contributed by atoms with van der Waals surface area (Å²) in [5, 5.41) is 22.3. The Labute approximate surface area is 138 Å². The fourth-order valence-corrected chi connectivity index (χ4v) is 2.49. The van der Waals surface area contributed by atoms with Gasteiger partial charge < -0.3 is 15.6 Å². The van der Waals surface area contributed by atoms with Crippen molar-refractivity contribution >= 4 is 22.8 Å². The van der Waals surface area contributed by atoms with Crippen LogP contribution in [0.15, 0.2) is 12.1 Å². The standard InChI is InChI=1S/C16H18N4O4/c1-16(2,3)10-6-9(24-5-4-17)7-11-13(10)14(15(18)23)19-20(11)8-12(21)22/h6-7H,5,8H2,1-3H3,(H2,18,23)(H,21,22). The second-order valence-corrected chi connectivity index (χ2v) is 6.33. The number of aliphatic carboxylic acids is 1. The number of nitrogens with two attached hydrogens (primary N) is 1. The van der Waals surface area contributed by atoms with Crippen LogP contribution in [-0.2, 0) is 16.8 Å². The molecular weight excluding hydrogens is 312 g/mol. The maximum atomic E-state index is 11.8. The highest BCUT2D eigenvalue weighted by Gasteiger charge is 2.26. The number of carboxylic acids is 1. The molecule has 0 spiro atoms. The summed E-state index contributed by atoms with van der Waals surface area (Å²) in [6.07, 6.45) is 0. The van der Waals surface area contributed by atoms with Crippen LogP contribution in [-0.4, -0.2) is 33.4 Å². The van der Waals surface area contributed by atoms with E-state index in [0.717, 1.165) is 5.56 Å². The minimum absolute atomic E-state index is 0.0167. The second-order valence-electron chi connectivity index (χ2n) is 6.33. The summed E-state index contributed by atoms with van der Waals surface area (Å²) in [7, 11) is 0. The Morgan fingerprint density at radius 3 is 2.58 bits per heavy atom. The molecule has 1 amide bonds. The van der Waals surface area contributed by atoms with E-state index in [1.807, 2.05) is 26.8 Å². The van der Waals surface area contributed by atoms with Gasteiger partial charge in [0.1, 0.15) is 18.4 Å². The molecule has 1 heterocycles. The number of primary amides is 1. The molecule has 8 nitrogen and oxygen atoms in total. The minimum atomic E-state index is -1.10. The van der Waals surface area contributed by atoms with Crippen LogP contribution >= 0.6 is 0 Å². The zero-order chi connectivity index (χ0) is 18.1. The van der Waals surface area contributed by atoms with Crippen molar-refractivity contribution in [3.8, 4) is 11.8 Å². The van der Waals surface area contributed by atoms with Crippen LogP contribution < -0.4 is 10.5 Å². The molecule has 1 aromatic heterocycles. The van der Waals surface area contributed by atoms with Crippen molar-refractivity contribution in [3.63, 3.8) is 0 Å². The largest absolute Gasteiger partial charge is 0.480 e. The van der Waals surface area contributed by atoms with Gasteiger partial charge in [0.05, 0.1) is 5.52 Å². The quantitative estimate of drug-likeness (QED) is 0.852. The lowest BCUT2D eigenvalue weighted by Gasteiger charge is -2.21. The van der Waals surface area contributed by atoms with Crippen molar-refractivity contribution in [2.75, 3.05) is 6.61 Å². The lowest BCUT2D eigenvalue weighted by atomic mass is 9.84. The number of carbonyl (C=O) groups excluding carboxylic acids is 1. The van der Waals surface area contributed by atoms with E-state index in [2.05, 4.69) is 5.10 Å². The van der Waals surface area contributed by atoms with Gasteiger partial charge in [0.2, 0.25) is 0 Å². The van der Waals surface area contributed by atoms with E-state index >= 15 is 0 Å². The molecule has 2 rings (SSSR count). The number of benzene rings is 1. The lowest BCUT2D eigenvalue weighted by molar-refractivity contribution is -0.137. The van der Waals surface area contributed by atoms with Crippen LogP contribution in [0.1, 0.15) is 36.8 Å². The number of nitriles is 1. The number of carboxylic acid groups (broad SMARTS) is 1. The highest BCUT2D eigenvalue weighted by Crippen LogP contribution is 2.35. The van der Waals surface area contributed by atoms with Crippen molar-refractivity contribution in [2.45, 2.75) is 32.7 Å². The molecule has 2 aromatic rings. The molecule has 0 bridgehead atoms. The number of carbonyl (C=O) groups is 2. The molecule has 24 heavy (non-hydrogen) atoms. The van der Waals surface area contributed by atoms with Gasteiger partial charge in [0.25, 0.3) is 5.91 Å². The number of nitrogens with zero attached hydrogens (tertiary/aromatic N) is 3. The van der Waals surface area contributed by atoms with Gasteiger partial charge in [-0.05, 0) is 17.0 Å². The van der Waals surface area contributed by atoms with Gasteiger partial charge in [-0.25, -0.2) is 0 Å². The third-order valence-electron chi connectivity index (χ3n) is 3.46. The molecule has 0 aliphatic carbocycles. The van der Waals surface area contributed by atoms with Crippen LogP contribution in [0.4, 0.5) is 0 Å². The summed E-state index contributed by atoms with van der Waals surface area (Å²) in [5.41, 5.74) is 6.21. The average Bonchev–Trinajstić information content (AvgIpc) is 2.81. The Bertz CT molecular complexity index is 856. The van der Waals surface area contributed by atoms with Crippen molar-refractivity contribution in [3.05, 3.63) is 23.4 Å². The van der Waals surface area contributed by atoms with E-state index in [1.54, 1.807) is 12.1 Å². The molecule has 126 valence electrons. The van der Waals surface area contributed by atoms with Crippen LogP contribution in [0.25, 0.3) is 10.9 Å². The minimum Gasteiger partial charge on any atom is -0.480 e. The molecule has 0 atom stereocenters. The van der Waals surface area contributed by atoms with E-state index in [4.69, 9.17) is 20.8 Å². The van der Waals surface area contributed by atoms with Crippen molar-refractivity contribution in [1.82, 2.24) is 9.78 Å².